The number of nitrogens with zero attached hydrogens (tertiary/aromatic N) is 1. The van der Waals surface area contributed by atoms with Crippen LogP contribution in [0.2, 0.25) is 0 Å². The number of carbonyl (C=O) groups is 1. The number of morpholine rings is 1. The van der Waals surface area contributed by atoms with Gasteiger partial charge < -0.3 is 15.8 Å². The first-order valence-corrected chi connectivity index (χ1v) is 6.58. The van der Waals surface area contributed by atoms with Gasteiger partial charge in [-0.05, 0) is 17.7 Å². The molecule has 1 saturated heterocycles. The largest absolute Gasteiger partial charge is 0.374 e. The van der Waals surface area contributed by atoms with Crippen molar-refractivity contribution in [2.24, 2.45) is 5.73 Å². The lowest BCUT2D eigenvalue weighted by Crippen LogP contribution is -2.45. The Labute approximate surface area is 113 Å². The summed E-state index contributed by atoms with van der Waals surface area (Å²) >= 11 is 0. The van der Waals surface area contributed by atoms with E-state index in [1.165, 1.54) is 12.5 Å². The number of ether oxygens (including phenoxy) is 1. The molecule has 1 atom stereocenters. The average Bonchev–Trinajstić information content (AvgIpc) is 2.41. The van der Waals surface area contributed by atoms with Crippen LogP contribution in [0.5, 0.6) is 0 Å². The SMILES string of the molecule is CC(=O)Nc1ccc(CN2CCOC(CN)C2)cc1. The molecule has 2 rings (SSSR count). The third-order valence-corrected chi connectivity index (χ3v) is 3.17. The zero-order valence-electron chi connectivity index (χ0n) is 11.3. The summed E-state index contributed by atoms with van der Waals surface area (Å²) in [6.45, 7) is 5.52. The molecule has 0 spiro atoms. The predicted molar refractivity (Wildman–Crippen MR) is 74.8 cm³/mol. The molecule has 1 aliphatic rings. The Morgan fingerprint density at radius 1 is 1.47 bits per heavy atom. The quantitative estimate of drug-likeness (QED) is 0.843. The molecule has 0 aliphatic carbocycles. The fourth-order valence-electron chi connectivity index (χ4n) is 2.22. The van der Waals surface area contributed by atoms with Crippen LogP contribution in [-0.4, -0.2) is 43.2 Å². The Bertz CT molecular complexity index is 419. The molecule has 5 nitrogen and oxygen atoms in total. The first-order chi connectivity index (χ1) is 9.17. The number of amides is 1. The molecular formula is C14H21N3O2. The molecule has 1 aromatic carbocycles. The molecule has 1 fully saturated rings. The second-order valence-corrected chi connectivity index (χ2v) is 4.84. The average molecular weight is 263 g/mol. The van der Waals surface area contributed by atoms with Crippen LogP contribution in [0.3, 0.4) is 0 Å². The maximum atomic E-state index is 10.9. The molecule has 3 N–H and O–H groups in total. The van der Waals surface area contributed by atoms with Gasteiger partial charge >= 0.3 is 0 Å². The van der Waals surface area contributed by atoms with Gasteiger partial charge in [0.25, 0.3) is 0 Å². The Morgan fingerprint density at radius 2 is 2.21 bits per heavy atom. The molecule has 19 heavy (non-hydrogen) atoms. The van der Waals surface area contributed by atoms with E-state index in [1.807, 2.05) is 24.3 Å². The second kappa shape index (κ2) is 6.65. The summed E-state index contributed by atoms with van der Waals surface area (Å²) in [4.78, 5) is 13.3. The van der Waals surface area contributed by atoms with Gasteiger partial charge in [-0.25, -0.2) is 0 Å². The standard InChI is InChI=1S/C14H21N3O2/c1-11(18)16-13-4-2-12(3-5-13)9-17-6-7-19-14(8-15)10-17/h2-5,14H,6-10,15H2,1H3,(H,16,18). The summed E-state index contributed by atoms with van der Waals surface area (Å²) in [5.74, 6) is -0.0493. The van der Waals surface area contributed by atoms with Crippen molar-refractivity contribution >= 4 is 11.6 Å². The molecule has 104 valence electrons. The van der Waals surface area contributed by atoms with Crippen molar-refractivity contribution in [3.8, 4) is 0 Å². The van der Waals surface area contributed by atoms with Gasteiger partial charge in [0.1, 0.15) is 0 Å². The molecule has 0 bridgehead atoms. The minimum absolute atomic E-state index is 0.0493. The number of benzene rings is 1. The van der Waals surface area contributed by atoms with Gasteiger partial charge in [-0.2, -0.15) is 0 Å². The molecular weight excluding hydrogens is 242 g/mol. The Balaban J connectivity index is 1.90. The first-order valence-electron chi connectivity index (χ1n) is 6.58. The van der Waals surface area contributed by atoms with E-state index in [0.29, 0.717) is 6.54 Å². The highest BCUT2D eigenvalue weighted by atomic mass is 16.5. The molecule has 0 radical (unpaired) electrons. The smallest absolute Gasteiger partial charge is 0.221 e. The number of carbonyl (C=O) groups excluding carboxylic acids is 1. The number of nitrogens with one attached hydrogen (secondary N) is 1. The lowest BCUT2D eigenvalue weighted by Gasteiger charge is -2.32. The van der Waals surface area contributed by atoms with Gasteiger partial charge in [-0.15, -0.1) is 0 Å². The van der Waals surface area contributed by atoms with Gasteiger partial charge in [0.05, 0.1) is 12.7 Å². The number of hydrogen-bond acceptors (Lipinski definition) is 4. The van der Waals surface area contributed by atoms with Crippen LogP contribution >= 0.6 is 0 Å². The maximum Gasteiger partial charge on any atom is 0.221 e. The third-order valence-electron chi connectivity index (χ3n) is 3.17. The molecule has 1 unspecified atom stereocenters. The number of anilines is 1. The van der Waals surface area contributed by atoms with Crippen LogP contribution in [0.15, 0.2) is 24.3 Å². The van der Waals surface area contributed by atoms with Gasteiger partial charge in [0.2, 0.25) is 5.91 Å². The van der Waals surface area contributed by atoms with Gasteiger partial charge in [0.15, 0.2) is 0 Å². The summed E-state index contributed by atoms with van der Waals surface area (Å²) < 4.78 is 5.54. The Morgan fingerprint density at radius 3 is 2.84 bits per heavy atom. The number of hydrogen-bond donors (Lipinski definition) is 2. The van der Waals surface area contributed by atoms with Crippen molar-refractivity contribution in [3.05, 3.63) is 29.8 Å². The molecule has 5 heteroatoms. The van der Waals surface area contributed by atoms with Crippen molar-refractivity contribution in [1.29, 1.82) is 0 Å². The van der Waals surface area contributed by atoms with Gasteiger partial charge in [-0.3, -0.25) is 9.69 Å². The first kappa shape index (κ1) is 14.0. The van der Waals surface area contributed by atoms with E-state index in [4.69, 9.17) is 10.5 Å². The lowest BCUT2D eigenvalue weighted by molar-refractivity contribution is -0.114. The molecule has 1 aromatic rings. The summed E-state index contributed by atoms with van der Waals surface area (Å²) in [6.07, 6.45) is 0.146. The van der Waals surface area contributed by atoms with Crippen molar-refractivity contribution in [3.63, 3.8) is 0 Å². The van der Waals surface area contributed by atoms with Crippen LogP contribution in [0, 0.1) is 0 Å². The number of nitrogens with two attached hydrogens (primary N) is 1. The van der Waals surface area contributed by atoms with Crippen LogP contribution in [-0.2, 0) is 16.1 Å². The van der Waals surface area contributed by atoms with Crippen LogP contribution < -0.4 is 11.1 Å². The van der Waals surface area contributed by atoms with E-state index >= 15 is 0 Å². The zero-order valence-corrected chi connectivity index (χ0v) is 11.3. The monoisotopic (exact) mass is 263 g/mol. The summed E-state index contributed by atoms with van der Waals surface area (Å²) in [7, 11) is 0. The fourth-order valence-corrected chi connectivity index (χ4v) is 2.22. The van der Waals surface area contributed by atoms with E-state index in [0.717, 1.165) is 31.9 Å². The van der Waals surface area contributed by atoms with E-state index in [-0.39, 0.29) is 12.0 Å². The molecule has 0 saturated carbocycles. The van der Waals surface area contributed by atoms with Crippen LogP contribution in [0.1, 0.15) is 12.5 Å². The highest BCUT2D eigenvalue weighted by Gasteiger charge is 2.18. The highest BCUT2D eigenvalue weighted by molar-refractivity contribution is 5.88. The number of rotatable bonds is 4. The second-order valence-electron chi connectivity index (χ2n) is 4.84. The van der Waals surface area contributed by atoms with E-state index in [9.17, 15) is 4.79 Å². The zero-order chi connectivity index (χ0) is 13.7. The van der Waals surface area contributed by atoms with Crippen LogP contribution in [0.25, 0.3) is 0 Å². The third kappa shape index (κ3) is 4.31. The van der Waals surface area contributed by atoms with Gasteiger partial charge in [-0.1, -0.05) is 12.1 Å². The molecule has 1 heterocycles. The predicted octanol–water partition coefficient (Wildman–Crippen LogP) is 0.805. The minimum Gasteiger partial charge on any atom is -0.374 e. The minimum atomic E-state index is -0.0493. The normalized spacial score (nSPS) is 20.2. The topological polar surface area (TPSA) is 67.6 Å². The van der Waals surface area contributed by atoms with Crippen molar-refractivity contribution < 1.29 is 9.53 Å². The van der Waals surface area contributed by atoms with E-state index < -0.39 is 0 Å². The fraction of sp³-hybridized carbons (Fsp3) is 0.500. The summed E-state index contributed by atoms with van der Waals surface area (Å²) in [5.41, 5.74) is 7.69. The van der Waals surface area contributed by atoms with Crippen molar-refractivity contribution in [2.45, 2.75) is 19.6 Å². The van der Waals surface area contributed by atoms with Crippen molar-refractivity contribution in [2.75, 3.05) is 31.6 Å². The Hall–Kier alpha value is -1.43. The lowest BCUT2D eigenvalue weighted by atomic mass is 10.1. The summed E-state index contributed by atoms with van der Waals surface area (Å²) in [6, 6.07) is 7.94. The molecule has 1 amide bonds. The molecule has 1 aliphatic heterocycles. The van der Waals surface area contributed by atoms with Crippen LogP contribution in [0.4, 0.5) is 5.69 Å². The maximum absolute atomic E-state index is 10.9. The van der Waals surface area contributed by atoms with Gasteiger partial charge in [0, 0.05) is 38.8 Å². The highest BCUT2D eigenvalue weighted by Crippen LogP contribution is 2.13. The van der Waals surface area contributed by atoms with E-state index in [2.05, 4.69) is 10.2 Å². The summed E-state index contributed by atoms with van der Waals surface area (Å²) in [5, 5.41) is 2.76. The Kier molecular flexibility index (Phi) is 4.90. The van der Waals surface area contributed by atoms with E-state index in [1.54, 1.807) is 0 Å². The molecule has 0 aromatic heterocycles. The van der Waals surface area contributed by atoms with Crippen molar-refractivity contribution in [1.82, 2.24) is 4.90 Å².